The van der Waals surface area contributed by atoms with E-state index >= 15 is 0 Å². The number of carbonyl (C=O) groups excluding carboxylic acids is 1. The molecule has 1 amide bonds. The molecule has 1 atom stereocenters. The first-order valence-electron chi connectivity index (χ1n) is 5.39. The molecule has 1 heterocycles. The Morgan fingerprint density at radius 2 is 2.31 bits per heavy atom. The first-order chi connectivity index (χ1) is 7.58. The van der Waals surface area contributed by atoms with E-state index in [2.05, 4.69) is 0 Å². The van der Waals surface area contributed by atoms with E-state index < -0.39 is 0 Å². The van der Waals surface area contributed by atoms with Crippen molar-refractivity contribution in [2.75, 3.05) is 13.1 Å². The molecular weight excluding hydrogens is 224 g/mol. The van der Waals surface area contributed by atoms with Gasteiger partial charge in [-0.2, -0.15) is 0 Å². The summed E-state index contributed by atoms with van der Waals surface area (Å²) in [4.78, 5) is 13.9. The Bertz CT molecular complexity index is 419. The SMILES string of the molecule is Cc1ccc(C(=O)N2CC[C@@H](N)C2)c(Cl)c1. The standard InChI is InChI=1S/C12H15ClN2O/c1-8-2-3-10(11(13)6-8)12(16)15-5-4-9(14)7-15/h2-3,6,9H,4-5,7,14H2,1H3/t9-/m1/s1. The molecule has 1 fully saturated rings. The minimum atomic E-state index is -0.0158. The molecule has 0 aromatic heterocycles. The molecule has 1 aliphatic heterocycles. The number of likely N-dealkylation sites (tertiary alicyclic amines) is 1. The maximum absolute atomic E-state index is 12.1. The highest BCUT2D eigenvalue weighted by Crippen LogP contribution is 2.21. The number of nitrogens with zero attached hydrogens (tertiary/aromatic N) is 1. The maximum Gasteiger partial charge on any atom is 0.255 e. The van der Waals surface area contributed by atoms with Crippen molar-refractivity contribution < 1.29 is 4.79 Å². The summed E-state index contributed by atoms with van der Waals surface area (Å²) in [5.41, 5.74) is 7.40. The summed E-state index contributed by atoms with van der Waals surface area (Å²) in [6, 6.07) is 5.59. The van der Waals surface area contributed by atoms with Crippen LogP contribution in [0.4, 0.5) is 0 Å². The second-order valence-corrected chi connectivity index (χ2v) is 4.69. The summed E-state index contributed by atoms with van der Waals surface area (Å²) < 4.78 is 0. The van der Waals surface area contributed by atoms with Gasteiger partial charge in [0.05, 0.1) is 10.6 Å². The highest BCUT2D eigenvalue weighted by Gasteiger charge is 2.25. The molecule has 1 aliphatic rings. The van der Waals surface area contributed by atoms with Gasteiger partial charge in [-0.3, -0.25) is 4.79 Å². The number of nitrogens with two attached hydrogens (primary N) is 1. The number of halogens is 1. The molecular formula is C12H15ClN2O. The zero-order valence-corrected chi connectivity index (χ0v) is 10.00. The lowest BCUT2D eigenvalue weighted by atomic mass is 10.1. The topological polar surface area (TPSA) is 46.3 Å². The van der Waals surface area contributed by atoms with E-state index in [1.807, 2.05) is 19.1 Å². The summed E-state index contributed by atoms with van der Waals surface area (Å²) in [5.74, 6) is -0.0158. The van der Waals surface area contributed by atoms with Gasteiger partial charge in [-0.25, -0.2) is 0 Å². The van der Waals surface area contributed by atoms with E-state index in [4.69, 9.17) is 17.3 Å². The van der Waals surface area contributed by atoms with E-state index in [0.717, 1.165) is 18.5 Å². The summed E-state index contributed by atoms with van der Waals surface area (Å²) in [6.45, 7) is 3.30. The van der Waals surface area contributed by atoms with E-state index in [1.165, 1.54) is 0 Å². The molecule has 0 aliphatic carbocycles. The Morgan fingerprint density at radius 1 is 1.56 bits per heavy atom. The minimum Gasteiger partial charge on any atom is -0.337 e. The fourth-order valence-electron chi connectivity index (χ4n) is 1.94. The van der Waals surface area contributed by atoms with E-state index in [-0.39, 0.29) is 11.9 Å². The van der Waals surface area contributed by atoms with Crippen LogP contribution in [0.3, 0.4) is 0 Å². The molecule has 0 saturated carbocycles. The predicted octanol–water partition coefficient (Wildman–Crippen LogP) is 1.82. The monoisotopic (exact) mass is 238 g/mol. The van der Waals surface area contributed by atoms with Crippen LogP contribution in [0.5, 0.6) is 0 Å². The van der Waals surface area contributed by atoms with Crippen molar-refractivity contribution in [3.8, 4) is 0 Å². The molecule has 2 N–H and O–H groups in total. The summed E-state index contributed by atoms with van der Waals surface area (Å²) in [5, 5.41) is 0.519. The third-order valence-electron chi connectivity index (χ3n) is 2.87. The second kappa shape index (κ2) is 4.44. The molecule has 0 spiro atoms. The van der Waals surface area contributed by atoms with Crippen LogP contribution >= 0.6 is 11.6 Å². The molecule has 16 heavy (non-hydrogen) atoms. The highest BCUT2D eigenvalue weighted by atomic mass is 35.5. The van der Waals surface area contributed by atoms with Crippen LogP contribution in [0.2, 0.25) is 5.02 Å². The molecule has 1 aromatic carbocycles. The number of carbonyl (C=O) groups is 1. The zero-order valence-electron chi connectivity index (χ0n) is 9.24. The smallest absolute Gasteiger partial charge is 0.255 e. The van der Waals surface area contributed by atoms with Crippen LogP contribution in [0.1, 0.15) is 22.3 Å². The molecule has 4 heteroatoms. The molecule has 1 aromatic rings. The van der Waals surface area contributed by atoms with Crippen LogP contribution in [-0.2, 0) is 0 Å². The minimum absolute atomic E-state index is 0.0158. The van der Waals surface area contributed by atoms with Crippen molar-refractivity contribution in [1.82, 2.24) is 4.90 Å². The molecule has 3 nitrogen and oxygen atoms in total. The van der Waals surface area contributed by atoms with Gasteiger partial charge in [-0.15, -0.1) is 0 Å². The lowest BCUT2D eigenvalue weighted by molar-refractivity contribution is 0.0791. The van der Waals surface area contributed by atoms with E-state index in [0.29, 0.717) is 17.1 Å². The third-order valence-corrected chi connectivity index (χ3v) is 3.18. The Morgan fingerprint density at radius 3 is 2.88 bits per heavy atom. The van der Waals surface area contributed by atoms with Gasteiger partial charge in [-0.05, 0) is 31.0 Å². The quantitative estimate of drug-likeness (QED) is 0.811. The largest absolute Gasteiger partial charge is 0.337 e. The fourth-order valence-corrected chi connectivity index (χ4v) is 2.25. The molecule has 1 saturated heterocycles. The van der Waals surface area contributed by atoms with Crippen LogP contribution in [0.25, 0.3) is 0 Å². The van der Waals surface area contributed by atoms with Crippen molar-refractivity contribution in [3.05, 3.63) is 34.3 Å². The van der Waals surface area contributed by atoms with Crippen molar-refractivity contribution in [2.45, 2.75) is 19.4 Å². The van der Waals surface area contributed by atoms with Crippen LogP contribution in [-0.4, -0.2) is 29.9 Å². The number of benzene rings is 1. The van der Waals surface area contributed by atoms with Crippen molar-refractivity contribution >= 4 is 17.5 Å². The van der Waals surface area contributed by atoms with Gasteiger partial charge in [0.1, 0.15) is 0 Å². The van der Waals surface area contributed by atoms with Crippen LogP contribution in [0, 0.1) is 6.92 Å². The number of hydrogen-bond acceptors (Lipinski definition) is 2. The molecule has 86 valence electrons. The zero-order chi connectivity index (χ0) is 11.7. The summed E-state index contributed by atoms with van der Waals surface area (Å²) in [6.07, 6.45) is 0.870. The van der Waals surface area contributed by atoms with Crippen LogP contribution in [0.15, 0.2) is 18.2 Å². The first kappa shape index (κ1) is 11.4. The van der Waals surface area contributed by atoms with Crippen molar-refractivity contribution in [1.29, 1.82) is 0 Å². The molecule has 0 radical (unpaired) electrons. The Labute approximate surface area is 100 Å². The number of rotatable bonds is 1. The lowest BCUT2D eigenvalue weighted by Crippen LogP contribution is -2.32. The van der Waals surface area contributed by atoms with Crippen LogP contribution < -0.4 is 5.73 Å². The van der Waals surface area contributed by atoms with E-state index in [1.54, 1.807) is 11.0 Å². The molecule has 0 unspecified atom stereocenters. The Hall–Kier alpha value is -1.06. The van der Waals surface area contributed by atoms with Crippen molar-refractivity contribution in [3.63, 3.8) is 0 Å². The fraction of sp³-hybridized carbons (Fsp3) is 0.417. The molecule has 2 rings (SSSR count). The van der Waals surface area contributed by atoms with E-state index in [9.17, 15) is 4.79 Å². The van der Waals surface area contributed by atoms with Gasteiger partial charge < -0.3 is 10.6 Å². The van der Waals surface area contributed by atoms with Gasteiger partial charge in [0.25, 0.3) is 5.91 Å². The number of hydrogen-bond donors (Lipinski definition) is 1. The number of amides is 1. The van der Waals surface area contributed by atoms with Crippen molar-refractivity contribution in [2.24, 2.45) is 5.73 Å². The average molecular weight is 239 g/mol. The van der Waals surface area contributed by atoms with Gasteiger partial charge in [0.2, 0.25) is 0 Å². The molecule has 0 bridgehead atoms. The van der Waals surface area contributed by atoms with Gasteiger partial charge in [-0.1, -0.05) is 17.7 Å². The second-order valence-electron chi connectivity index (χ2n) is 4.28. The normalized spacial score (nSPS) is 20.2. The third kappa shape index (κ3) is 2.20. The predicted molar refractivity (Wildman–Crippen MR) is 64.7 cm³/mol. The first-order valence-corrected chi connectivity index (χ1v) is 5.76. The Kier molecular flexibility index (Phi) is 3.17. The van der Waals surface area contributed by atoms with Gasteiger partial charge in [0, 0.05) is 19.1 Å². The Balaban J connectivity index is 2.21. The number of aryl methyl sites for hydroxylation is 1. The van der Waals surface area contributed by atoms with Gasteiger partial charge >= 0.3 is 0 Å². The maximum atomic E-state index is 12.1. The lowest BCUT2D eigenvalue weighted by Gasteiger charge is -2.16. The summed E-state index contributed by atoms with van der Waals surface area (Å²) in [7, 11) is 0. The highest BCUT2D eigenvalue weighted by molar-refractivity contribution is 6.33. The summed E-state index contributed by atoms with van der Waals surface area (Å²) >= 11 is 6.06. The average Bonchev–Trinajstić information content (AvgIpc) is 2.64. The van der Waals surface area contributed by atoms with Gasteiger partial charge in [0.15, 0.2) is 0 Å².